The van der Waals surface area contributed by atoms with Crippen LogP contribution >= 0.6 is 0 Å². The number of para-hydroxylation sites is 1. The van der Waals surface area contributed by atoms with Crippen molar-refractivity contribution in [2.45, 2.75) is 38.0 Å². The van der Waals surface area contributed by atoms with Gasteiger partial charge in [0.25, 0.3) is 10.0 Å². The third-order valence-corrected chi connectivity index (χ3v) is 5.06. The number of benzene rings is 2. The van der Waals surface area contributed by atoms with Crippen LogP contribution in [0, 0.1) is 6.92 Å². The van der Waals surface area contributed by atoms with Crippen molar-refractivity contribution in [3.8, 4) is 0 Å². The molecule has 4 heteroatoms. The van der Waals surface area contributed by atoms with Crippen LogP contribution < -0.4 is 4.72 Å². The van der Waals surface area contributed by atoms with E-state index in [-0.39, 0.29) is 4.90 Å². The second-order valence-electron chi connectivity index (χ2n) is 5.32. The van der Waals surface area contributed by atoms with Crippen LogP contribution in [-0.2, 0) is 10.0 Å². The molecule has 2 aromatic rings. The van der Waals surface area contributed by atoms with Gasteiger partial charge < -0.3 is 0 Å². The molecule has 0 spiro atoms. The first-order valence-corrected chi connectivity index (χ1v) is 8.60. The fraction of sp³-hybridized carbons (Fsp3) is 0.294. The fourth-order valence-electron chi connectivity index (χ4n) is 2.16. The molecule has 0 amide bonds. The minimum Gasteiger partial charge on any atom is -0.279 e. The molecule has 0 aliphatic carbocycles. The van der Waals surface area contributed by atoms with Crippen LogP contribution in [0.25, 0.3) is 0 Å². The highest BCUT2D eigenvalue weighted by atomic mass is 32.2. The Morgan fingerprint density at radius 2 is 1.67 bits per heavy atom. The van der Waals surface area contributed by atoms with Crippen molar-refractivity contribution in [3.63, 3.8) is 0 Å². The van der Waals surface area contributed by atoms with Crippen LogP contribution in [0.1, 0.15) is 37.3 Å². The fourth-order valence-corrected chi connectivity index (χ4v) is 3.25. The number of rotatable bonds is 5. The Labute approximate surface area is 127 Å². The van der Waals surface area contributed by atoms with Gasteiger partial charge in [-0.2, -0.15) is 0 Å². The van der Waals surface area contributed by atoms with Gasteiger partial charge in [0.1, 0.15) is 0 Å². The Kier molecular flexibility index (Phi) is 4.68. The van der Waals surface area contributed by atoms with Crippen molar-refractivity contribution in [1.82, 2.24) is 0 Å². The lowest BCUT2D eigenvalue weighted by Crippen LogP contribution is -2.14. The lowest BCUT2D eigenvalue weighted by Gasteiger charge is -2.16. The molecule has 0 saturated heterocycles. The highest BCUT2D eigenvalue weighted by Gasteiger charge is 2.17. The van der Waals surface area contributed by atoms with Crippen LogP contribution in [0.15, 0.2) is 53.4 Å². The second-order valence-corrected chi connectivity index (χ2v) is 7.00. The molecule has 1 atom stereocenters. The summed E-state index contributed by atoms with van der Waals surface area (Å²) in [5, 5.41) is 0. The Morgan fingerprint density at radius 1 is 1.05 bits per heavy atom. The standard InChI is InChI=1S/C17H21NO2S/c1-4-14(3)16-7-5-6-8-17(16)18-21(19,20)15-11-9-13(2)10-12-15/h5-12,14,18H,4H2,1-3H3/t14-/m0/s1. The van der Waals surface area contributed by atoms with E-state index in [0.717, 1.165) is 17.5 Å². The maximum absolute atomic E-state index is 12.5. The minimum atomic E-state index is -3.54. The Morgan fingerprint density at radius 3 is 2.29 bits per heavy atom. The lowest BCUT2D eigenvalue weighted by molar-refractivity contribution is 0.601. The normalized spacial score (nSPS) is 12.9. The molecule has 1 N–H and O–H groups in total. The molecule has 0 fully saturated rings. The lowest BCUT2D eigenvalue weighted by atomic mass is 9.97. The minimum absolute atomic E-state index is 0.284. The van der Waals surface area contributed by atoms with Crippen molar-refractivity contribution < 1.29 is 8.42 Å². The number of nitrogens with one attached hydrogen (secondary N) is 1. The second kappa shape index (κ2) is 6.31. The van der Waals surface area contributed by atoms with E-state index in [2.05, 4.69) is 18.6 Å². The highest BCUT2D eigenvalue weighted by Crippen LogP contribution is 2.28. The van der Waals surface area contributed by atoms with Crippen molar-refractivity contribution in [1.29, 1.82) is 0 Å². The molecule has 0 radical (unpaired) electrons. The summed E-state index contributed by atoms with van der Waals surface area (Å²) in [6.45, 7) is 6.12. The maximum atomic E-state index is 12.5. The summed E-state index contributed by atoms with van der Waals surface area (Å²) in [5.41, 5.74) is 2.72. The predicted octanol–water partition coefficient (Wildman–Crippen LogP) is 4.31. The largest absolute Gasteiger partial charge is 0.279 e. The summed E-state index contributed by atoms with van der Waals surface area (Å²) in [4.78, 5) is 0.284. The molecule has 2 aromatic carbocycles. The van der Waals surface area contributed by atoms with Crippen molar-refractivity contribution in [2.75, 3.05) is 4.72 Å². The topological polar surface area (TPSA) is 46.2 Å². The zero-order valence-corrected chi connectivity index (χ0v) is 13.4. The highest BCUT2D eigenvalue weighted by molar-refractivity contribution is 7.92. The zero-order chi connectivity index (χ0) is 15.5. The SMILES string of the molecule is CC[C@H](C)c1ccccc1NS(=O)(=O)c1ccc(C)cc1. The number of aryl methyl sites for hydroxylation is 1. The summed E-state index contributed by atoms with van der Waals surface area (Å²) in [6.07, 6.45) is 0.962. The van der Waals surface area contributed by atoms with Crippen LogP contribution in [0.4, 0.5) is 5.69 Å². The van der Waals surface area contributed by atoms with E-state index >= 15 is 0 Å². The summed E-state index contributed by atoms with van der Waals surface area (Å²) < 4.78 is 27.6. The quantitative estimate of drug-likeness (QED) is 0.894. The molecular weight excluding hydrogens is 282 g/mol. The third kappa shape index (κ3) is 3.64. The monoisotopic (exact) mass is 303 g/mol. The van der Waals surface area contributed by atoms with Gasteiger partial charge in [-0.25, -0.2) is 8.42 Å². The molecule has 0 aliphatic heterocycles. The van der Waals surface area contributed by atoms with Crippen LogP contribution in [0.3, 0.4) is 0 Å². The smallest absolute Gasteiger partial charge is 0.261 e. The third-order valence-electron chi connectivity index (χ3n) is 3.68. The van der Waals surface area contributed by atoms with Gasteiger partial charge in [0.05, 0.1) is 10.6 Å². The van der Waals surface area contributed by atoms with Gasteiger partial charge >= 0.3 is 0 Å². The van der Waals surface area contributed by atoms with E-state index in [9.17, 15) is 8.42 Å². The first-order valence-electron chi connectivity index (χ1n) is 7.12. The number of hydrogen-bond acceptors (Lipinski definition) is 2. The average molecular weight is 303 g/mol. The zero-order valence-electron chi connectivity index (χ0n) is 12.6. The average Bonchev–Trinajstić information content (AvgIpc) is 2.47. The summed E-state index contributed by atoms with van der Waals surface area (Å²) in [6, 6.07) is 14.4. The maximum Gasteiger partial charge on any atom is 0.261 e. The Hall–Kier alpha value is -1.81. The van der Waals surface area contributed by atoms with Crippen molar-refractivity contribution >= 4 is 15.7 Å². The summed E-state index contributed by atoms with van der Waals surface area (Å²) in [5.74, 6) is 0.307. The molecule has 21 heavy (non-hydrogen) atoms. The van der Waals surface area contributed by atoms with E-state index in [1.807, 2.05) is 31.2 Å². The van der Waals surface area contributed by atoms with E-state index in [1.165, 1.54) is 0 Å². The predicted molar refractivity (Wildman–Crippen MR) is 87.1 cm³/mol. The van der Waals surface area contributed by atoms with Gasteiger partial charge in [0.15, 0.2) is 0 Å². The van der Waals surface area contributed by atoms with E-state index in [1.54, 1.807) is 24.3 Å². The molecule has 0 aliphatic rings. The van der Waals surface area contributed by atoms with Crippen molar-refractivity contribution in [3.05, 3.63) is 59.7 Å². The van der Waals surface area contributed by atoms with Gasteiger partial charge in [0, 0.05) is 0 Å². The molecular formula is C17H21NO2S. The molecule has 0 saturated carbocycles. The molecule has 2 rings (SSSR count). The molecule has 112 valence electrons. The van der Waals surface area contributed by atoms with Gasteiger partial charge in [-0.1, -0.05) is 49.7 Å². The van der Waals surface area contributed by atoms with E-state index in [4.69, 9.17) is 0 Å². The van der Waals surface area contributed by atoms with E-state index < -0.39 is 10.0 Å². The Balaban J connectivity index is 2.35. The first-order chi connectivity index (χ1) is 9.94. The van der Waals surface area contributed by atoms with E-state index in [0.29, 0.717) is 11.6 Å². The van der Waals surface area contributed by atoms with Crippen LogP contribution in [0.5, 0.6) is 0 Å². The van der Waals surface area contributed by atoms with Gasteiger partial charge in [0.2, 0.25) is 0 Å². The number of hydrogen-bond donors (Lipinski definition) is 1. The van der Waals surface area contributed by atoms with Crippen molar-refractivity contribution in [2.24, 2.45) is 0 Å². The van der Waals surface area contributed by atoms with Crippen LogP contribution in [-0.4, -0.2) is 8.42 Å². The molecule has 0 unspecified atom stereocenters. The molecule has 0 bridgehead atoms. The van der Waals surface area contributed by atoms with Crippen LogP contribution in [0.2, 0.25) is 0 Å². The number of sulfonamides is 1. The number of anilines is 1. The Bertz CT molecular complexity index is 706. The first kappa shape index (κ1) is 15.6. The molecule has 0 aromatic heterocycles. The van der Waals surface area contributed by atoms with Gasteiger partial charge in [-0.05, 0) is 43.0 Å². The summed E-state index contributed by atoms with van der Waals surface area (Å²) in [7, 11) is -3.54. The molecule has 0 heterocycles. The molecule has 3 nitrogen and oxygen atoms in total. The summed E-state index contributed by atoms with van der Waals surface area (Å²) >= 11 is 0. The van der Waals surface area contributed by atoms with Gasteiger partial charge in [-0.3, -0.25) is 4.72 Å². The van der Waals surface area contributed by atoms with Gasteiger partial charge in [-0.15, -0.1) is 0 Å².